The first-order valence-electron chi connectivity index (χ1n) is 25.0. The quantitative estimate of drug-likeness (QED) is 0.152. The third kappa shape index (κ3) is 8.65. The maximum absolute atomic E-state index is 6.83. The van der Waals surface area contributed by atoms with E-state index in [0.717, 1.165) is 50.8 Å². The standard InChI is InChI=1S/C66H62N4O/c1-64(2,3)48-32-28-45(29-33-48)44-24-26-46(27-25-44)54-19-15-20-55(47-30-34-49(35-31-47)65(4,5)6)63(54)69-43-68(59-22-12-13-23-60(59)69)51-16-14-17-52(41-51)71-53-36-37-57-56-18-10-11-21-58(56)70(61(57)42-53)62-40-50(38-39-67-62)66(7,8)9/h10-42H,43H2,1-9H3. The van der Waals surface area contributed by atoms with Crippen molar-refractivity contribution in [1.29, 1.82) is 0 Å². The van der Waals surface area contributed by atoms with Crippen LogP contribution in [-0.2, 0) is 16.2 Å². The monoisotopic (exact) mass is 926 g/mol. The van der Waals surface area contributed by atoms with E-state index >= 15 is 0 Å². The Balaban J connectivity index is 0.964. The maximum atomic E-state index is 6.83. The van der Waals surface area contributed by atoms with E-state index in [1.807, 2.05) is 6.20 Å². The molecule has 2 aromatic heterocycles. The highest BCUT2D eigenvalue weighted by Gasteiger charge is 2.32. The van der Waals surface area contributed by atoms with Gasteiger partial charge in [-0.05, 0) is 110 Å². The van der Waals surface area contributed by atoms with Crippen LogP contribution in [0.4, 0.5) is 22.7 Å². The second-order valence-corrected chi connectivity index (χ2v) is 22.2. The van der Waals surface area contributed by atoms with Gasteiger partial charge in [0, 0.05) is 45.9 Å². The molecule has 11 rings (SSSR count). The summed E-state index contributed by atoms with van der Waals surface area (Å²) >= 11 is 0. The molecule has 0 saturated heterocycles. The van der Waals surface area contributed by atoms with Crippen molar-refractivity contribution in [3.63, 3.8) is 0 Å². The molecule has 5 heteroatoms. The molecule has 8 aromatic carbocycles. The highest BCUT2D eigenvalue weighted by atomic mass is 16.5. The van der Waals surface area contributed by atoms with E-state index in [4.69, 9.17) is 9.72 Å². The third-order valence-electron chi connectivity index (χ3n) is 14.2. The van der Waals surface area contributed by atoms with Crippen LogP contribution in [0.15, 0.2) is 200 Å². The molecule has 0 fully saturated rings. The van der Waals surface area contributed by atoms with E-state index in [2.05, 4.69) is 271 Å². The predicted octanol–water partition coefficient (Wildman–Crippen LogP) is 18.1. The molecular formula is C66H62N4O. The first-order valence-corrected chi connectivity index (χ1v) is 25.0. The van der Waals surface area contributed by atoms with E-state index < -0.39 is 0 Å². The molecule has 0 bridgehead atoms. The molecule has 0 unspecified atom stereocenters. The third-order valence-corrected chi connectivity index (χ3v) is 14.2. The molecule has 352 valence electrons. The summed E-state index contributed by atoms with van der Waals surface area (Å²) in [5.74, 6) is 2.42. The van der Waals surface area contributed by atoms with Crippen molar-refractivity contribution in [2.45, 2.75) is 78.6 Å². The van der Waals surface area contributed by atoms with Gasteiger partial charge in [0.05, 0.1) is 28.1 Å². The van der Waals surface area contributed by atoms with Crippen LogP contribution >= 0.6 is 0 Å². The van der Waals surface area contributed by atoms with Crippen LogP contribution < -0.4 is 14.5 Å². The summed E-state index contributed by atoms with van der Waals surface area (Å²) in [6.45, 7) is 21.0. The van der Waals surface area contributed by atoms with Crippen molar-refractivity contribution >= 4 is 44.6 Å². The number of aromatic nitrogens is 2. The Bertz CT molecular complexity index is 3580. The Hall–Kier alpha value is -7.89. The first-order chi connectivity index (χ1) is 34.1. The Labute approximate surface area is 419 Å². The molecule has 3 heterocycles. The topological polar surface area (TPSA) is 33.5 Å². The van der Waals surface area contributed by atoms with Gasteiger partial charge in [0.15, 0.2) is 0 Å². The van der Waals surface area contributed by atoms with E-state index in [1.165, 1.54) is 61.1 Å². The molecule has 0 atom stereocenters. The van der Waals surface area contributed by atoms with Gasteiger partial charge in [0.25, 0.3) is 0 Å². The number of nitrogens with zero attached hydrogens (tertiary/aromatic N) is 4. The number of para-hydroxylation sites is 4. The lowest BCUT2D eigenvalue weighted by Crippen LogP contribution is -2.25. The zero-order chi connectivity index (χ0) is 49.2. The van der Waals surface area contributed by atoms with Gasteiger partial charge in [-0.3, -0.25) is 4.57 Å². The minimum Gasteiger partial charge on any atom is -0.457 e. The number of pyridine rings is 1. The average molecular weight is 927 g/mol. The molecule has 5 nitrogen and oxygen atoms in total. The zero-order valence-electron chi connectivity index (χ0n) is 42.5. The minimum absolute atomic E-state index is 0.0147. The van der Waals surface area contributed by atoms with Crippen LogP contribution in [-0.4, -0.2) is 16.2 Å². The van der Waals surface area contributed by atoms with Gasteiger partial charge in [-0.1, -0.05) is 190 Å². The number of anilines is 4. The van der Waals surface area contributed by atoms with E-state index in [1.54, 1.807) is 0 Å². The second kappa shape index (κ2) is 17.5. The predicted molar refractivity (Wildman–Crippen MR) is 300 cm³/mol. The van der Waals surface area contributed by atoms with Crippen molar-refractivity contribution in [3.05, 3.63) is 217 Å². The Morgan fingerprint density at radius 2 is 0.930 bits per heavy atom. The molecule has 0 saturated carbocycles. The normalized spacial score (nSPS) is 13.0. The van der Waals surface area contributed by atoms with Crippen LogP contribution in [0.3, 0.4) is 0 Å². The number of ether oxygens (including phenoxy) is 1. The van der Waals surface area contributed by atoms with Gasteiger partial charge in [0.1, 0.15) is 24.0 Å². The number of hydrogen-bond donors (Lipinski definition) is 0. The molecule has 0 amide bonds. The van der Waals surface area contributed by atoms with E-state index in [9.17, 15) is 0 Å². The van der Waals surface area contributed by atoms with Crippen LogP contribution in [0.5, 0.6) is 11.5 Å². The summed E-state index contributed by atoms with van der Waals surface area (Å²) in [6, 6.07) is 70.7. The van der Waals surface area contributed by atoms with Gasteiger partial charge in [-0.2, -0.15) is 0 Å². The molecular weight excluding hydrogens is 865 g/mol. The summed E-state index contributed by atoms with van der Waals surface area (Å²) in [5, 5.41) is 2.34. The van der Waals surface area contributed by atoms with E-state index in [0.29, 0.717) is 6.67 Å². The molecule has 1 aliphatic rings. The average Bonchev–Trinajstić information content (AvgIpc) is 3.92. The fourth-order valence-corrected chi connectivity index (χ4v) is 10.2. The van der Waals surface area contributed by atoms with E-state index in [-0.39, 0.29) is 16.2 Å². The SMILES string of the molecule is CC(C)(C)c1ccc(-c2ccc(-c3cccc(-c4ccc(C(C)(C)C)cc4)c3N3CN(c4cccc(Oc5ccc6c7ccccc7n(-c7cc(C(C)(C)C)ccn7)c6c5)c4)c4ccccc43)cc2)cc1. The van der Waals surface area contributed by atoms with Crippen molar-refractivity contribution in [2.24, 2.45) is 0 Å². The summed E-state index contributed by atoms with van der Waals surface area (Å²) in [7, 11) is 0. The highest BCUT2D eigenvalue weighted by molar-refractivity contribution is 6.09. The summed E-state index contributed by atoms with van der Waals surface area (Å²) < 4.78 is 9.09. The van der Waals surface area contributed by atoms with Gasteiger partial charge >= 0.3 is 0 Å². The number of hydrogen-bond acceptors (Lipinski definition) is 4. The lowest BCUT2D eigenvalue weighted by Gasteiger charge is -2.27. The minimum atomic E-state index is -0.0147. The van der Waals surface area contributed by atoms with Gasteiger partial charge < -0.3 is 14.5 Å². The van der Waals surface area contributed by atoms with Crippen molar-refractivity contribution < 1.29 is 4.74 Å². The van der Waals surface area contributed by atoms with Crippen LogP contribution in [0.25, 0.3) is 61.0 Å². The number of benzene rings is 8. The van der Waals surface area contributed by atoms with Crippen LogP contribution in [0.2, 0.25) is 0 Å². The number of fused-ring (bicyclic) bond motifs is 4. The number of rotatable bonds is 8. The molecule has 10 aromatic rings. The maximum Gasteiger partial charge on any atom is 0.137 e. The highest BCUT2D eigenvalue weighted by Crippen LogP contribution is 2.51. The fraction of sp³-hybridized carbons (Fsp3) is 0.197. The molecule has 0 N–H and O–H groups in total. The lowest BCUT2D eigenvalue weighted by molar-refractivity contribution is 0.483. The molecule has 0 spiro atoms. The first kappa shape index (κ1) is 45.5. The second-order valence-electron chi connectivity index (χ2n) is 22.2. The molecule has 1 aliphatic heterocycles. The summed E-state index contributed by atoms with van der Waals surface area (Å²) in [4.78, 5) is 9.81. The van der Waals surface area contributed by atoms with Crippen molar-refractivity contribution in [3.8, 4) is 50.7 Å². The lowest BCUT2D eigenvalue weighted by atomic mass is 9.85. The Morgan fingerprint density at radius 3 is 1.56 bits per heavy atom. The smallest absolute Gasteiger partial charge is 0.137 e. The summed E-state index contributed by atoms with van der Waals surface area (Å²) in [6.07, 6.45) is 1.93. The van der Waals surface area contributed by atoms with Crippen molar-refractivity contribution in [2.75, 3.05) is 16.5 Å². The zero-order valence-corrected chi connectivity index (χ0v) is 42.5. The van der Waals surface area contributed by atoms with Gasteiger partial charge in [-0.15, -0.1) is 0 Å². The Morgan fingerprint density at radius 1 is 0.408 bits per heavy atom. The van der Waals surface area contributed by atoms with Crippen LogP contribution in [0, 0.1) is 0 Å². The van der Waals surface area contributed by atoms with Crippen molar-refractivity contribution in [1.82, 2.24) is 9.55 Å². The van der Waals surface area contributed by atoms with Gasteiger partial charge in [-0.25, -0.2) is 4.98 Å². The molecule has 71 heavy (non-hydrogen) atoms. The van der Waals surface area contributed by atoms with Gasteiger partial charge in [0.2, 0.25) is 0 Å². The largest absolute Gasteiger partial charge is 0.457 e. The van der Waals surface area contributed by atoms with Crippen LogP contribution in [0.1, 0.15) is 79.0 Å². The Kier molecular flexibility index (Phi) is 11.2. The molecule has 0 aliphatic carbocycles. The molecule has 0 radical (unpaired) electrons. The summed E-state index contributed by atoms with van der Waals surface area (Å²) in [5.41, 5.74) is 17.8. The fourth-order valence-electron chi connectivity index (χ4n) is 10.2.